The molecular formula is C17H31N3. The van der Waals surface area contributed by atoms with Crippen molar-refractivity contribution in [2.24, 2.45) is 0 Å². The van der Waals surface area contributed by atoms with Crippen molar-refractivity contribution >= 4 is 5.82 Å². The van der Waals surface area contributed by atoms with Crippen molar-refractivity contribution in [1.82, 2.24) is 9.88 Å². The molecule has 0 aliphatic rings. The molecular weight excluding hydrogens is 246 g/mol. The third kappa shape index (κ3) is 6.38. The number of anilines is 1. The lowest BCUT2D eigenvalue weighted by atomic mass is 10.2. The van der Waals surface area contributed by atoms with Crippen molar-refractivity contribution in [1.29, 1.82) is 0 Å². The van der Waals surface area contributed by atoms with Crippen LogP contribution in [0.5, 0.6) is 0 Å². The Morgan fingerprint density at radius 1 is 1.15 bits per heavy atom. The Hall–Kier alpha value is -1.09. The van der Waals surface area contributed by atoms with E-state index < -0.39 is 0 Å². The number of hydrogen-bond acceptors (Lipinski definition) is 3. The smallest absolute Gasteiger partial charge is 0.125 e. The van der Waals surface area contributed by atoms with E-state index in [0.717, 1.165) is 25.3 Å². The molecule has 0 spiro atoms. The molecule has 1 heterocycles. The standard InChI is InChI=1S/C17H31N3/c1-5-7-8-12-20(15(3)4)14-16-9-10-17(19-13-16)18-11-6-2/h9-10,13,15H,5-8,11-12,14H2,1-4H3,(H,18,19). The normalized spacial score (nSPS) is 11.3. The molecule has 0 radical (unpaired) electrons. The molecule has 0 aliphatic heterocycles. The monoisotopic (exact) mass is 277 g/mol. The minimum absolute atomic E-state index is 0.588. The summed E-state index contributed by atoms with van der Waals surface area (Å²) < 4.78 is 0. The van der Waals surface area contributed by atoms with E-state index in [0.29, 0.717) is 6.04 Å². The zero-order valence-electron chi connectivity index (χ0n) is 13.7. The third-order valence-corrected chi connectivity index (χ3v) is 3.55. The molecule has 1 rings (SSSR count). The van der Waals surface area contributed by atoms with E-state index in [1.165, 1.54) is 31.4 Å². The van der Waals surface area contributed by atoms with Crippen molar-refractivity contribution in [3.63, 3.8) is 0 Å². The summed E-state index contributed by atoms with van der Waals surface area (Å²) in [6.45, 7) is 12.1. The summed E-state index contributed by atoms with van der Waals surface area (Å²) in [5, 5.41) is 3.31. The Kier molecular flexibility index (Phi) is 8.28. The number of nitrogens with zero attached hydrogens (tertiary/aromatic N) is 2. The molecule has 0 saturated carbocycles. The van der Waals surface area contributed by atoms with Crippen LogP contribution in [0.15, 0.2) is 18.3 Å². The Morgan fingerprint density at radius 3 is 2.50 bits per heavy atom. The van der Waals surface area contributed by atoms with Gasteiger partial charge in [-0.3, -0.25) is 4.90 Å². The number of hydrogen-bond donors (Lipinski definition) is 1. The van der Waals surface area contributed by atoms with Gasteiger partial charge in [-0.25, -0.2) is 4.98 Å². The third-order valence-electron chi connectivity index (χ3n) is 3.55. The Bertz CT molecular complexity index is 346. The van der Waals surface area contributed by atoms with Gasteiger partial charge in [0, 0.05) is 25.3 Å². The zero-order valence-corrected chi connectivity index (χ0v) is 13.7. The van der Waals surface area contributed by atoms with Crippen LogP contribution in [0.3, 0.4) is 0 Å². The van der Waals surface area contributed by atoms with Gasteiger partial charge in [-0.15, -0.1) is 0 Å². The topological polar surface area (TPSA) is 28.2 Å². The minimum atomic E-state index is 0.588. The molecule has 0 atom stereocenters. The second-order valence-corrected chi connectivity index (χ2v) is 5.75. The molecule has 114 valence electrons. The van der Waals surface area contributed by atoms with Crippen LogP contribution in [0.25, 0.3) is 0 Å². The summed E-state index contributed by atoms with van der Waals surface area (Å²) in [6.07, 6.45) is 7.03. The maximum absolute atomic E-state index is 4.49. The molecule has 0 bridgehead atoms. The number of unbranched alkanes of at least 4 members (excludes halogenated alkanes) is 2. The summed E-state index contributed by atoms with van der Waals surface area (Å²) in [6, 6.07) is 4.88. The Balaban J connectivity index is 2.50. The van der Waals surface area contributed by atoms with E-state index in [1.807, 2.05) is 6.20 Å². The van der Waals surface area contributed by atoms with Gasteiger partial charge in [0.15, 0.2) is 0 Å². The quantitative estimate of drug-likeness (QED) is 0.646. The summed E-state index contributed by atoms with van der Waals surface area (Å²) in [5.74, 6) is 0.984. The molecule has 0 amide bonds. The lowest BCUT2D eigenvalue weighted by Crippen LogP contribution is -2.31. The van der Waals surface area contributed by atoms with E-state index >= 15 is 0 Å². The van der Waals surface area contributed by atoms with Crippen LogP contribution in [-0.4, -0.2) is 29.0 Å². The number of aromatic nitrogens is 1. The van der Waals surface area contributed by atoms with Gasteiger partial charge in [-0.05, 0) is 44.9 Å². The summed E-state index contributed by atoms with van der Waals surface area (Å²) in [4.78, 5) is 7.02. The average molecular weight is 277 g/mol. The molecule has 0 unspecified atom stereocenters. The predicted octanol–water partition coefficient (Wildman–Crippen LogP) is 4.30. The van der Waals surface area contributed by atoms with Crippen molar-refractivity contribution in [3.05, 3.63) is 23.9 Å². The SMILES string of the molecule is CCCCCN(Cc1ccc(NCCC)nc1)C(C)C. The zero-order chi connectivity index (χ0) is 14.8. The number of rotatable bonds is 10. The van der Waals surface area contributed by atoms with E-state index in [-0.39, 0.29) is 0 Å². The second kappa shape index (κ2) is 9.76. The van der Waals surface area contributed by atoms with Crippen LogP contribution >= 0.6 is 0 Å². The Labute approximate surface area is 124 Å². The Morgan fingerprint density at radius 2 is 1.95 bits per heavy atom. The highest BCUT2D eigenvalue weighted by Crippen LogP contribution is 2.11. The summed E-state index contributed by atoms with van der Waals surface area (Å²) in [7, 11) is 0. The highest BCUT2D eigenvalue weighted by Gasteiger charge is 2.09. The summed E-state index contributed by atoms with van der Waals surface area (Å²) >= 11 is 0. The molecule has 0 fully saturated rings. The molecule has 3 nitrogen and oxygen atoms in total. The first-order chi connectivity index (χ1) is 9.67. The molecule has 1 N–H and O–H groups in total. The van der Waals surface area contributed by atoms with Gasteiger partial charge in [0.2, 0.25) is 0 Å². The molecule has 1 aromatic rings. The maximum atomic E-state index is 4.49. The number of nitrogens with one attached hydrogen (secondary N) is 1. The molecule has 0 aromatic carbocycles. The van der Waals surface area contributed by atoms with Crippen molar-refractivity contribution < 1.29 is 0 Å². The molecule has 0 saturated heterocycles. The van der Waals surface area contributed by atoms with Gasteiger partial charge in [0.05, 0.1) is 0 Å². The molecule has 3 heteroatoms. The lowest BCUT2D eigenvalue weighted by molar-refractivity contribution is 0.208. The van der Waals surface area contributed by atoms with Gasteiger partial charge in [-0.2, -0.15) is 0 Å². The van der Waals surface area contributed by atoms with Gasteiger partial charge >= 0.3 is 0 Å². The second-order valence-electron chi connectivity index (χ2n) is 5.75. The van der Waals surface area contributed by atoms with Gasteiger partial charge in [0.1, 0.15) is 5.82 Å². The first-order valence-corrected chi connectivity index (χ1v) is 8.10. The molecule has 1 aromatic heterocycles. The summed E-state index contributed by atoms with van der Waals surface area (Å²) in [5.41, 5.74) is 1.30. The van der Waals surface area contributed by atoms with Crippen LogP contribution in [0.4, 0.5) is 5.82 Å². The minimum Gasteiger partial charge on any atom is -0.370 e. The van der Waals surface area contributed by atoms with Crippen LogP contribution < -0.4 is 5.32 Å². The van der Waals surface area contributed by atoms with E-state index in [9.17, 15) is 0 Å². The molecule has 0 aliphatic carbocycles. The van der Waals surface area contributed by atoms with Gasteiger partial charge in [-0.1, -0.05) is 32.8 Å². The highest BCUT2D eigenvalue weighted by molar-refractivity contribution is 5.35. The van der Waals surface area contributed by atoms with Crippen molar-refractivity contribution in [2.75, 3.05) is 18.4 Å². The van der Waals surface area contributed by atoms with Crippen LogP contribution in [0.1, 0.15) is 58.9 Å². The van der Waals surface area contributed by atoms with Crippen molar-refractivity contribution in [2.45, 2.75) is 66.0 Å². The molecule has 20 heavy (non-hydrogen) atoms. The maximum Gasteiger partial charge on any atom is 0.125 e. The first-order valence-electron chi connectivity index (χ1n) is 8.10. The van der Waals surface area contributed by atoms with Crippen molar-refractivity contribution in [3.8, 4) is 0 Å². The number of pyridine rings is 1. The van der Waals surface area contributed by atoms with E-state index in [4.69, 9.17) is 0 Å². The van der Waals surface area contributed by atoms with Gasteiger partial charge in [0.25, 0.3) is 0 Å². The largest absolute Gasteiger partial charge is 0.370 e. The van der Waals surface area contributed by atoms with Gasteiger partial charge < -0.3 is 5.32 Å². The average Bonchev–Trinajstić information content (AvgIpc) is 2.45. The lowest BCUT2D eigenvalue weighted by Gasteiger charge is -2.26. The van der Waals surface area contributed by atoms with E-state index in [2.05, 4.69) is 55.0 Å². The highest BCUT2D eigenvalue weighted by atomic mass is 15.1. The predicted molar refractivity (Wildman–Crippen MR) is 88.1 cm³/mol. The first kappa shape index (κ1) is 17.0. The van der Waals surface area contributed by atoms with E-state index in [1.54, 1.807) is 0 Å². The van der Waals surface area contributed by atoms with Crippen LogP contribution in [0, 0.1) is 0 Å². The fraction of sp³-hybridized carbons (Fsp3) is 0.706. The fourth-order valence-corrected chi connectivity index (χ4v) is 2.19. The van der Waals surface area contributed by atoms with Crippen LogP contribution in [0.2, 0.25) is 0 Å². The van der Waals surface area contributed by atoms with Crippen LogP contribution in [-0.2, 0) is 6.54 Å². The fourth-order valence-electron chi connectivity index (χ4n) is 2.19.